The van der Waals surface area contributed by atoms with Gasteiger partial charge >= 0.3 is 0 Å². The first-order valence-electron chi connectivity index (χ1n) is 5.01. The molecule has 1 rings (SSSR count). The molecule has 0 aliphatic rings. The van der Waals surface area contributed by atoms with Gasteiger partial charge in [-0.2, -0.15) is 0 Å². The summed E-state index contributed by atoms with van der Waals surface area (Å²) in [7, 11) is 0. The topological polar surface area (TPSA) is 81.1 Å². The zero-order valence-electron chi connectivity index (χ0n) is 8.65. The number of rotatable bonds is 5. The lowest BCUT2D eigenvalue weighted by Crippen LogP contribution is -2.31. The predicted molar refractivity (Wildman–Crippen MR) is 60.1 cm³/mol. The number of hydrogen-bond acceptors (Lipinski definition) is 3. The highest BCUT2D eigenvalue weighted by atomic mass is 16.1. The molecular weight excluding hydrogens is 190 g/mol. The zero-order chi connectivity index (χ0) is 11.1. The summed E-state index contributed by atoms with van der Waals surface area (Å²) in [5.41, 5.74) is 12.1. The average Bonchev–Trinajstić information content (AvgIpc) is 2.27. The van der Waals surface area contributed by atoms with E-state index in [9.17, 15) is 4.79 Å². The Bertz CT molecular complexity index is 300. The number of nitrogens with one attached hydrogen (secondary N) is 1. The summed E-state index contributed by atoms with van der Waals surface area (Å²) >= 11 is 0. The lowest BCUT2D eigenvalue weighted by Gasteiger charge is -2.11. The van der Waals surface area contributed by atoms with Crippen molar-refractivity contribution in [2.75, 3.05) is 13.1 Å². The molecule has 1 amide bonds. The van der Waals surface area contributed by atoms with Crippen LogP contribution in [0.15, 0.2) is 30.3 Å². The Labute approximate surface area is 89.6 Å². The molecule has 0 aliphatic carbocycles. The minimum absolute atomic E-state index is 0.0585. The van der Waals surface area contributed by atoms with Crippen LogP contribution in [-0.2, 0) is 4.79 Å². The van der Waals surface area contributed by atoms with Crippen molar-refractivity contribution in [1.82, 2.24) is 5.32 Å². The number of amides is 1. The van der Waals surface area contributed by atoms with Crippen LogP contribution in [0.5, 0.6) is 0 Å². The van der Waals surface area contributed by atoms with Gasteiger partial charge in [-0.15, -0.1) is 0 Å². The fraction of sp³-hybridized carbons (Fsp3) is 0.364. The Hall–Kier alpha value is -1.39. The SMILES string of the molecule is NCCNC(=O)CC(N)c1ccccc1. The molecular formula is C11H17N3O. The second-order valence-electron chi connectivity index (χ2n) is 3.36. The van der Waals surface area contributed by atoms with E-state index in [4.69, 9.17) is 11.5 Å². The summed E-state index contributed by atoms with van der Waals surface area (Å²) < 4.78 is 0. The van der Waals surface area contributed by atoms with E-state index >= 15 is 0 Å². The summed E-state index contributed by atoms with van der Waals surface area (Å²) in [4.78, 5) is 11.3. The maximum atomic E-state index is 11.3. The highest BCUT2D eigenvalue weighted by Crippen LogP contribution is 2.12. The van der Waals surface area contributed by atoms with Gasteiger partial charge < -0.3 is 16.8 Å². The van der Waals surface area contributed by atoms with Gasteiger partial charge in [0, 0.05) is 25.6 Å². The van der Waals surface area contributed by atoms with Crippen molar-refractivity contribution in [2.24, 2.45) is 11.5 Å². The van der Waals surface area contributed by atoms with E-state index in [0.717, 1.165) is 5.56 Å². The summed E-state index contributed by atoms with van der Waals surface area (Å²) in [6.45, 7) is 0.951. The Kier molecular flexibility index (Phi) is 4.80. The normalized spacial score (nSPS) is 12.1. The van der Waals surface area contributed by atoms with Crippen LogP contribution < -0.4 is 16.8 Å². The van der Waals surface area contributed by atoms with Gasteiger partial charge in [-0.1, -0.05) is 30.3 Å². The molecule has 0 radical (unpaired) electrons. The third kappa shape index (κ3) is 4.10. The average molecular weight is 207 g/mol. The van der Waals surface area contributed by atoms with Crippen LogP contribution in [0.1, 0.15) is 18.0 Å². The van der Waals surface area contributed by atoms with Gasteiger partial charge in [-0.3, -0.25) is 4.79 Å². The minimum atomic E-state index is -0.246. The number of carbonyl (C=O) groups excluding carboxylic acids is 1. The fourth-order valence-electron chi connectivity index (χ4n) is 1.30. The Morgan fingerprint density at radius 1 is 1.33 bits per heavy atom. The second kappa shape index (κ2) is 6.16. The summed E-state index contributed by atoms with van der Waals surface area (Å²) in [5.74, 6) is -0.0585. The van der Waals surface area contributed by atoms with Crippen molar-refractivity contribution < 1.29 is 4.79 Å². The predicted octanol–water partition coefficient (Wildman–Crippen LogP) is 0.151. The smallest absolute Gasteiger partial charge is 0.221 e. The molecule has 0 bridgehead atoms. The van der Waals surface area contributed by atoms with Crippen molar-refractivity contribution >= 4 is 5.91 Å². The fourth-order valence-corrected chi connectivity index (χ4v) is 1.30. The standard InChI is InChI=1S/C11H17N3O/c12-6-7-14-11(15)8-10(13)9-4-2-1-3-5-9/h1-5,10H,6-8,12-13H2,(H,14,15). The molecule has 0 saturated heterocycles. The summed E-state index contributed by atoms with van der Waals surface area (Å²) in [6, 6.07) is 9.33. The quantitative estimate of drug-likeness (QED) is 0.643. The maximum absolute atomic E-state index is 11.3. The number of hydrogen-bond donors (Lipinski definition) is 3. The van der Waals surface area contributed by atoms with Gasteiger partial charge in [-0.25, -0.2) is 0 Å². The maximum Gasteiger partial charge on any atom is 0.221 e. The molecule has 4 heteroatoms. The van der Waals surface area contributed by atoms with E-state index in [1.165, 1.54) is 0 Å². The Morgan fingerprint density at radius 2 is 2.00 bits per heavy atom. The Balaban J connectivity index is 2.42. The van der Waals surface area contributed by atoms with Crippen LogP contribution >= 0.6 is 0 Å². The number of nitrogens with two attached hydrogens (primary N) is 2. The largest absolute Gasteiger partial charge is 0.355 e. The molecule has 1 aromatic carbocycles. The highest BCUT2D eigenvalue weighted by molar-refractivity contribution is 5.76. The first kappa shape index (κ1) is 11.7. The van der Waals surface area contributed by atoms with Crippen LogP contribution in [0.4, 0.5) is 0 Å². The van der Waals surface area contributed by atoms with Crippen molar-refractivity contribution in [1.29, 1.82) is 0 Å². The highest BCUT2D eigenvalue weighted by Gasteiger charge is 2.10. The van der Waals surface area contributed by atoms with E-state index < -0.39 is 0 Å². The van der Waals surface area contributed by atoms with Crippen LogP contribution in [0.3, 0.4) is 0 Å². The molecule has 1 atom stereocenters. The molecule has 5 N–H and O–H groups in total. The number of benzene rings is 1. The van der Waals surface area contributed by atoms with E-state index in [1.807, 2.05) is 30.3 Å². The van der Waals surface area contributed by atoms with Crippen LogP contribution in [0.25, 0.3) is 0 Å². The van der Waals surface area contributed by atoms with E-state index in [1.54, 1.807) is 0 Å². The van der Waals surface area contributed by atoms with E-state index in [-0.39, 0.29) is 11.9 Å². The monoisotopic (exact) mass is 207 g/mol. The molecule has 82 valence electrons. The molecule has 4 nitrogen and oxygen atoms in total. The van der Waals surface area contributed by atoms with Crippen molar-refractivity contribution in [2.45, 2.75) is 12.5 Å². The molecule has 1 unspecified atom stereocenters. The van der Waals surface area contributed by atoms with Crippen LogP contribution in [-0.4, -0.2) is 19.0 Å². The zero-order valence-corrected chi connectivity index (χ0v) is 8.65. The van der Waals surface area contributed by atoms with Crippen molar-refractivity contribution in [3.8, 4) is 0 Å². The third-order valence-corrected chi connectivity index (χ3v) is 2.10. The van der Waals surface area contributed by atoms with Crippen molar-refractivity contribution in [3.05, 3.63) is 35.9 Å². The molecule has 0 spiro atoms. The lowest BCUT2D eigenvalue weighted by molar-refractivity contribution is -0.121. The lowest BCUT2D eigenvalue weighted by atomic mass is 10.0. The van der Waals surface area contributed by atoms with Gasteiger partial charge in [0.25, 0.3) is 0 Å². The first-order chi connectivity index (χ1) is 7.24. The van der Waals surface area contributed by atoms with Crippen LogP contribution in [0.2, 0.25) is 0 Å². The summed E-state index contributed by atoms with van der Waals surface area (Å²) in [5, 5.41) is 2.69. The minimum Gasteiger partial charge on any atom is -0.355 e. The second-order valence-corrected chi connectivity index (χ2v) is 3.36. The van der Waals surface area contributed by atoms with E-state index in [2.05, 4.69) is 5.32 Å². The molecule has 0 heterocycles. The molecule has 1 aromatic rings. The summed E-state index contributed by atoms with van der Waals surface area (Å²) in [6.07, 6.45) is 0.296. The molecule has 0 aromatic heterocycles. The molecule has 0 aliphatic heterocycles. The van der Waals surface area contributed by atoms with Crippen LogP contribution in [0, 0.1) is 0 Å². The molecule has 0 fully saturated rings. The van der Waals surface area contributed by atoms with Crippen molar-refractivity contribution in [3.63, 3.8) is 0 Å². The van der Waals surface area contributed by atoms with E-state index in [0.29, 0.717) is 19.5 Å². The van der Waals surface area contributed by atoms with Gasteiger partial charge in [0.15, 0.2) is 0 Å². The Morgan fingerprint density at radius 3 is 2.60 bits per heavy atom. The van der Waals surface area contributed by atoms with Gasteiger partial charge in [0.2, 0.25) is 5.91 Å². The van der Waals surface area contributed by atoms with Gasteiger partial charge in [0.1, 0.15) is 0 Å². The first-order valence-corrected chi connectivity index (χ1v) is 5.01. The molecule has 0 saturated carbocycles. The van der Waals surface area contributed by atoms with Gasteiger partial charge in [-0.05, 0) is 5.56 Å². The number of carbonyl (C=O) groups is 1. The third-order valence-electron chi connectivity index (χ3n) is 2.10. The van der Waals surface area contributed by atoms with Gasteiger partial charge in [0.05, 0.1) is 0 Å². The molecule has 15 heavy (non-hydrogen) atoms.